The van der Waals surface area contributed by atoms with E-state index in [1.54, 1.807) is 31.4 Å². The molecule has 7 nitrogen and oxygen atoms in total. The van der Waals surface area contributed by atoms with Gasteiger partial charge in [0.15, 0.2) is 5.96 Å². The molecule has 2 N–H and O–H groups in total. The normalized spacial score (nSPS) is 18.7. The zero-order valence-corrected chi connectivity index (χ0v) is 18.1. The van der Waals surface area contributed by atoms with Crippen molar-refractivity contribution in [1.29, 1.82) is 0 Å². The molecule has 9 heteroatoms. The van der Waals surface area contributed by atoms with E-state index in [9.17, 15) is 8.78 Å². The second kappa shape index (κ2) is 10.5. The Kier molecular flexibility index (Phi) is 7.24. The van der Waals surface area contributed by atoms with Gasteiger partial charge in [0.1, 0.15) is 5.75 Å². The fourth-order valence-electron chi connectivity index (χ4n) is 3.71. The molecule has 4 rings (SSSR count). The van der Waals surface area contributed by atoms with Gasteiger partial charge < -0.3 is 25.0 Å². The largest absolute Gasteiger partial charge is 0.477 e. The molecule has 172 valence electrons. The predicted octanol–water partition coefficient (Wildman–Crippen LogP) is 3.42. The predicted molar refractivity (Wildman–Crippen MR) is 119 cm³/mol. The molecule has 1 aliphatic carbocycles. The molecule has 1 atom stereocenters. The minimum atomic E-state index is -2.84. The van der Waals surface area contributed by atoms with Crippen LogP contribution >= 0.6 is 0 Å². The lowest BCUT2D eigenvalue weighted by Gasteiger charge is -2.22. The number of nitrogens with zero attached hydrogens (tertiary/aromatic N) is 3. The van der Waals surface area contributed by atoms with Crippen molar-refractivity contribution in [3.8, 4) is 11.6 Å². The van der Waals surface area contributed by atoms with Crippen molar-refractivity contribution >= 4 is 11.6 Å². The number of rotatable bonds is 9. The molecule has 1 saturated heterocycles. The molecule has 1 aromatic heterocycles. The maximum atomic E-state index is 12.7. The van der Waals surface area contributed by atoms with Crippen LogP contribution in [-0.4, -0.2) is 50.3 Å². The van der Waals surface area contributed by atoms with Crippen LogP contribution in [0.2, 0.25) is 0 Å². The number of para-hydroxylation sites is 2. The van der Waals surface area contributed by atoms with Crippen LogP contribution in [0.15, 0.2) is 47.6 Å². The van der Waals surface area contributed by atoms with Gasteiger partial charge in [-0.25, -0.2) is 4.98 Å². The van der Waals surface area contributed by atoms with Crippen molar-refractivity contribution < 1.29 is 18.3 Å². The number of alkyl halides is 2. The third kappa shape index (κ3) is 6.21. The summed E-state index contributed by atoms with van der Waals surface area (Å²) >= 11 is 0. The Morgan fingerprint density at radius 3 is 2.88 bits per heavy atom. The molecule has 32 heavy (non-hydrogen) atoms. The molecule has 0 amide bonds. The van der Waals surface area contributed by atoms with E-state index in [2.05, 4.69) is 30.2 Å². The van der Waals surface area contributed by atoms with Gasteiger partial charge in [-0.15, -0.1) is 0 Å². The van der Waals surface area contributed by atoms with E-state index < -0.39 is 6.61 Å². The fourth-order valence-corrected chi connectivity index (χ4v) is 3.71. The number of nitrogens with one attached hydrogen (secondary N) is 2. The van der Waals surface area contributed by atoms with Crippen molar-refractivity contribution in [2.75, 3.05) is 31.6 Å². The number of aromatic nitrogens is 1. The molecule has 1 aromatic carbocycles. The number of halogens is 2. The van der Waals surface area contributed by atoms with E-state index in [4.69, 9.17) is 4.74 Å². The molecule has 1 unspecified atom stereocenters. The Labute approximate surface area is 186 Å². The Morgan fingerprint density at radius 2 is 2.09 bits per heavy atom. The summed E-state index contributed by atoms with van der Waals surface area (Å²) in [7, 11) is 1.73. The van der Waals surface area contributed by atoms with Crippen LogP contribution in [0.5, 0.6) is 11.6 Å². The van der Waals surface area contributed by atoms with Crippen molar-refractivity contribution in [2.45, 2.75) is 38.5 Å². The monoisotopic (exact) mass is 445 g/mol. The molecule has 1 saturated carbocycles. The molecular weight excluding hydrogens is 416 g/mol. The molecule has 2 aliphatic rings. The summed E-state index contributed by atoms with van der Waals surface area (Å²) in [5.74, 6) is 2.21. The molecule has 2 heterocycles. The number of anilines is 1. The van der Waals surface area contributed by atoms with Crippen LogP contribution in [0.3, 0.4) is 0 Å². The highest BCUT2D eigenvalue weighted by molar-refractivity contribution is 5.80. The van der Waals surface area contributed by atoms with E-state index in [0.717, 1.165) is 25.1 Å². The zero-order valence-electron chi connectivity index (χ0n) is 18.1. The fraction of sp³-hybridized carbons (Fsp3) is 0.478. The number of ether oxygens (including phenoxy) is 2. The second-order valence-electron chi connectivity index (χ2n) is 8.10. The first-order chi connectivity index (χ1) is 15.6. The van der Waals surface area contributed by atoms with E-state index in [-0.39, 0.29) is 11.8 Å². The van der Waals surface area contributed by atoms with Crippen molar-refractivity contribution in [3.63, 3.8) is 0 Å². The zero-order chi connectivity index (χ0) is 22.3. The van der Waals surface area contributed by atoms with Crippen LogP contribution in [-0.2, 0) is 6.54 Å². The minimum Gasteiger partial charge on any atom is -0.477 e. The summed E-state index contributed by atoms with van der Waals surface area (Å²) in [5.41, 5.74) is 1.73. The van der Waals surface area contributed by atoms with E-state index in [1.165, 1.54) is 12.8 Å². The molecule has 0 spiro atoms. The van der Waals surface area contributed by atoms with Gasteiger partial charge in [0.05, 0.1) is 12.3 Å². The van der Waals surface area contributed by atoms with Crippen molar-refractivity contribution in [3.05, 3.63) is 48.2 Å². The molecule has 2 aromatic rings. The standard InChI is InChI=1S/C23H29F2N5O2/c1-26-23(28-13-17-8-10-27-21(12-17)31-15-16-6-7-16)29-18-9-11-30(14-18)19-4-2-3-5-20(19)32-22(24)25/h2-5,8,10,12,16,18,22H,6-7,9,11,13-15H2,1H3,(H2,26,28,29). The van der Waals surface area contributed by atoms with Gasteiger partial charge in [-0.1, -0.05) is 12.1 Å². The topological polar surface area (TPSA) is 71.0 Å². The highest BCUT2D eigenvalue weighted by Gasteiger charge is 2.26. The van der Waals surface area contributed by atoms with Crippen LogP contribution in [0.1, 0.15) is 24.8 Å². The summed E-state index contributed by atoms with van der Waals surface area (Å²) < 4.78 is 35.9. The number of aliphatic imine (C=N–C) groups is 1. The average Bonchev–Trinajstić information content (AvgIpc) is 3.52. The minimum absolute atomic E-state index is 0.135. The SMILES string of the molecule is CN=C(NCc1ccnc(OCC2CC2)c1)NC1CCN(c2ccccc2OC(F)F)C1. The van der Waals surface area contributed by atoms with Gasteiger partial charge in [0.25, 0.3) is 0 Å². The van der Waals surface area contributed by atoms with E-state index in [0.29, 0.717) is 36.5 Å². The van der Waals surface area contributed by atoms with E-state index in [1.807, 2.05) is 18.2 Å². The summed E-state index contributed by atoms with van der Waals surface area (Å²) in [6.07, 6.45) is 5.10. The van der Waals surface area contributed by atoms with Gasteiger partial charge in [-0.05, 0) is 48.9 Å². The first-order valence-electron chi connectivity index (χ1n) is 10.9. The number of guanidine groups is 1. The van der Waals surface area contributed by atoms with Crippen LogP contribution in [0.4, 0.5) is 14.5 Å². The lowest BCUT2D eigenvalue weighted by atomic mass is 10.2. The lowest BCUT2D eigenvalue weighted by molar-refractivity contribution is -0.0495. The number of hydrogen-bond acceptors (Lipinski definition) is 5. The number of hydrogen-bond donors (Lipinski definition) is 2. The summed E-state index contributed by atoms with van der Waals surface area (Å²) in [6, 6.07) is 10.9. The molecule has 1 aliphatic heterocycles. The van der Waals surface area contributed by atoms with Crippen LogP contribution in [0, 0.1) is 5.92 Å². The van der Waals surface area contributed by atoms with Crippen molar-refractivity contribution in [1.82, 2.24) is 15.6 Å². The van der Waals surface area contributed by atoms with Crippen molar-refractivity contribution in [2.24, 2.45) is 10.9 Å². The Hall–Kier alpha value is -3.10. The second-order valence-corrected chi connectivity index (χ2v) is 8.10. The third-order valence-corrected chi connectivity index (χ3v) is 5.60. The van der Waals surface area contributed by atoms with Gasteiger partial charge >= 0.3 is 6.61 Å². The van der Waals surface area contributed by atoms with Gasteiger partial charge in [-0.2, -0.15) is 8.78 Å². The number of pyridine rings is 1. The first-order valence-corrected chi connectivity index (χ1v) is 10.9. The Morgan fingerprint density at radius 1 is 1.25 bits per heavy atom. The van der Waals surface area contributed by atoms with Crippen LogP contribution in [0.25, 0.3) is 0 Å². The quantitative estimate of drug-likeness (QED) is 0.455. The smallest absolute Gasteiger partial charge is 0.387 e. The maximum absolute atomic E-state index is 12.7. The van der Waals surface area contributed by atoms with Gasteiger partial charge in [-0.3, -0.25) is 4.99 Å². The third-order valence-electron chi connectivity index (χ3n) is 5.60. The first kappa shape index (κ1) is 22.1. The molecule has 0 bridgehead atoms. The average molecular weight is 446 g/mol. The summed E-state index contributed by atoms with van der Waals surface area (Å²) in [6.45, 7) is -0.118. The molecule has 2 fully saturated rings. The molecule has 0 radical (unpaired) electrons. The maximum Gasteiger partial charge on any atom is 0.387 e. The summed E-state index contributed by atoms with van der Waals surface area (Å²) in [5, 5.41) is 6.74. The van der Waals surface area contributed by atoms with Gasteiger partial charge in [0.2, 0.25) is 5.88 Å². The van der Waals surface area contributed by atoms with Gasteiger partial charge in [0, 0.05) is 45.0 Å². The highest BCUT2D eigenvalue weighted by Crippen LogP contribution is 2.32. The van der Waals surface area contributed by atoms with E-state index >= 15 is 0 Å². The summed E-state index contributed by atoms with van der Waals surface area (Å²) in [4.78, 5) is 10.6. The highest BCUT2D eigenvalue weighted by atomic mass is 19.3. The molecular formula is C23H29F2N5O2. The Bertz CT molecular complexity index is 923. The Balaban J connectivity index is 1.28. The lowest BCUT2D eigenvalue weighted by Crippen LogP contribution is -2.44. The van der Waals surface area contributed by atoms with Crippen LogP contribution < -0.4 is 25.0 Å². The number of benzene rings is 1.